The Morgan fingerprint density at radius 1 is 1.20 bits per heavy atom. The molecule has 0 fully saturated rings. The fourth-order valence-electron chi connectivity index (χ4n) is 1.47. The topological polar surface area (TPSA) is 99.6 Å². The van der Waals surface area contributed by atoms with E-state index in [9.17, 15) is 18.3 Å². The van der Waals surface area contributed by atoms with Gasteiger partial charge in [-0.2, -0.15) is 12.7 Å². The molecule has 1 radical (unpaired) electrons. The molecule has 1 aromatic carbocycles. The number of pyridine rings is 1. The normalized spacial score (nSPS) is 10.8. The van der Waals surface area contributed by atoms with Crippen LogP contribution in [0.1, 0.15) is 0 Å². The molecule has 0 atom stereocenters. The van der Waals surface area contributed by atoms with Crippen molar-refractivity contribution in [3.05, 3.63) is 48.8 Å². The van der Waals surface area contributed by atoms with Crippen LogP contribution in [0.2, 0.25) is 0 Å². The Bertz CT molecular complexity index is 704. The van der Waals surface area contributed by atoms with Crippen LogP contribution in [0.25, 0.3) is 0 Å². The van der Waals surface area contributed by atoms with Crippen molar-refractivity contribution in [3.63, 3.8) is 0 Å². The van der Waals surface area contributed by atoms with E-state index in [0.29, 0.717) is 4.31 Å². The molecule has 0 saturated heterocycles. The maximum atomic E-state index is 12.1. The van der Waals surface area contributed by atoms with Crippen molar-refractivity contribution in [1.29, 1.82) is 0 Å². The van der Waals surface area contributed by atoms with E-state index >= 15 is 0 Å². The molecule has 103 valence electrons. The average Bonchev–Trinajstić information content (AvgIpc) is 2.39. The molecule has 1 aromatic heterocycles. The third kappa shape index (κ3) is 3.04. The highest BCUT2D eigenvalue weighted by Gasteiger charge is 2.23. The zero-order valence-electron chi connectivity index (χ0n) is 10.1. The van der Waals surface area contributed by atoms with Gasteiger partial charge in [-0.3, -0.25) is 14.5 Å². The van der Waals surface area contributed by atoms with Gasteiger partial charge >= 0.3 is 16.6 Å². The summed E-state index contributed by atoms with van der Waals surface area (Å²) in [6.07, 6.45) is 4.12. The number of hydrogen-bond donors (Lipinski definition) is 2. The molecule has 2 N–H and O–H groups in total. The monoisotopic (exact) mass is 292 g/mol. The van der Waals surface area contributed by atoms with Gasteiger partial charge in [0.15, 0.2) is 0 Å². The lowest BCUT2D eigenvalue weighted by Crippen LogP contribution is -2.34. The van der Waals surface area contributed by atoms with Gasteiger partial charge in [-0.15, -0.1) is 0 Å². The van der Waals surface area contributed by atoms with Gasteiger partial charge in [0.1, 0.15) is 5.75 Å². The highest BCUT2D eigenvalue weighted by molar-refractivity contribution is 7.94. The molecule has 2 rings (SSSR count). The quantitative estimate of drug-likeness (QED) is 0.801. The molecular formula is C12H10N3O4S. The first kappa shape index (κ1) is 13.8. The Labute approximate surface area is 115 Å². The van der Waals surface area contributed by atoms with Gasteiger partial charge in [0.25, 0.3) is 0 Å². The van der Waals surface area contributed by atoms with Crippen molar-refractivity contribution in [2.24, 2.45) is 0 Å². The number of benzene rings is 1. The van der Waals surface area contributed by atoms with Gasteiger partial charge in [0, 0.05) is 18.5 Å². The molecule has 1 amide bonds. The van der Waals surface area contributed by atoms with Crippen LogP contribution in [0.15, 0.2) is 48.8 Å². The molecule has 0 saturated carbocycles. The number of rotatable bonds is 5. The molecule has 7 nitrogen and oxygen atoms in total. The van der Waals surface area contributed by atoms with Gasteiger partial charge in [-0.25, -0.2) is 0 Å². The van der Waals surface area contributed by atoms with Crippen LogP contribution in [-0.2, 0) is 15.0 Å². The van der Waals surface area contributed by atoms with Crippen LogP contribution in [0.5, 0.6) is 5.75 Å². The van der Waals surface area contributed by atoms with Crippen LogP contribution < -0.4 is 9.03 Å². The van der Waals surface area contributed by atoms with Crippen molar-refractivity contribution < 1.29 is 18.3 Å². The third-order valence-electron chi connectivity index (χ3n) is 2.31. The summed E-state index contributed by atoms with van der Waals surface area (Å²) >= 11 is 0. The number of hydrogen-bond acceptors (Lipinski definition) is 5. The number of phenolic OH excluding ortho intramolecular Hbond substituents is 1. The van der Waals surface area contributed by atoms with Crippen molar-refractivity contribution in [2.45, 2.75) is 0 Å². The van der Waals surface area contributed by atoms with Gasteiger partial charge < -0.3 is 5.11 Å². The molecule has 0 spiro atoms. The summed E-state index contributed by atoms with van der Waals surface area (Å²) in [6.45, 7) is 0. The second-order valence-corrected chi connectivity index (χ2v) is 5.24. The van der Waals surface area contributed by atoms with E-state index in [1.54, 1.807) is 0 Å². The molecule has 0 aliphatic carbocycles. The van der Waals surface area contributed by atoms with E-state index in [1.165, 1.54) is 49.1 Å². The number of amides is 1. The zero-order chi connectivity index (χ0) is 14.6. The molecule has 20 heavy (non-hydrogen) atoms. The predicted molar refractivity (Wildman–Crippen MR) is 73.1 cm³/mol. The van der Waals surface area contributed by atoms with Crippen molar-refractivity contribution >= 4 is 28.0 Å². The Hall–Kier alpha value is -2.61. The van der Waals surface area contributed by atoms with Crippen LogP contribution >= 0.6 is 0 Å². The van der Waals surface area contributed by atoms with Crippen LogP contribution in [0.3, 0.4) is 0 Å². The highest BCUT2D eigenvalue weighted by Crippen LogP contribution is 2.22. The van der Waals surface area contributed by atoms with E-state index in [2.05, 4.69) is 9.71 Å². The number of carbonyl (C=O) groups excluding carboxylic acids is 1. The molecule has 0 unspecified atom stereocenters. The Kier molecular flexibility index (Phi) is 3.85. The average molecular weight is 292 g/mol. The highest BCUT2D eigenvalue weighted by atomic mass is 32.2. The summed E-state index contributed by atoms with van der Waals surface area (Å²) in [5, 5.41) is 9.33. The SMILES string of the molecule is O=[C]N(c1cccc(O)c1)S(=O)(=O)Nc1ccncc1. The lowest BCUT2D eigenvalue weighted by molar-refractivity contribution is 0.475. The minimum atomic E-state index is -4.17. The Balaban J connectivity index is 2.33. The maximum absolute atomic E-state index is 12.1. The molecular weight excluding hydrogens is 282 g/mol. The van der Waals surface area contributed by atoms with Crippen LogP contribution in [0, 0.1) is 0 Å². The third-order valence-corrected chi connectivity index (χ3v) is 3.57. The van der Waals surface area contributed by atoms with Crippen LogP contribution in [-0.4, -0.2) is 24.9 Å². The number of phenols is 1. The maximum Gasteiger partial charge on any atom is 0.333 e. The Morgan fingerprint density at radius 3 is 2.50 bits per heavy atom. The molecule has 0 aliphatic rings. The minimum absolute atomic E-state index is 0.0263. The van der Waals surface area contributed by atoms with Gasteiger partial charge in [-0.05, 0) is 24.3 Å². The zero-order valence-corrected chi connectivity index (χ0v) is 10.9. The predicted octanol–water partition coefficient (Wildman–Crippen LogP) is 1.02. The molecule has 8 heteroatoms. The van der Waals surface area contributed by atoms with Crippen molar-refractivity contribution in [1.82, 2.24) is 4.98 Å². The fraction of sp³-hybridized carbons (Fsp3) is 0. The van der Waals surface area contributed by atoms with Crippen molar-refractivity contribution in [3.8, 4) is 5.75 Å². The number of nitrogens with one attached hydrogen (secondary N) is 1. The van der Waals surface area contributed by atoms with Crippen LogP contribution in [0.4, 0.5) is 11.4 Å². The summed E-state index contributed by atoms with van der Waals surface area (Å²) in [7, 11) is -4.17. The van der Waals surface area contributed by atoms with Gasteiger partial charge in [-0.1, -0.05) is 6.07 Å². The van der Waals surface area contributed by atoms with E-state index in [-0.39, 0.29) is 17.1 Å². The molecule has 0 aliphatic heterocycles. The van der Waals surface area contributed by atoms with Gasteiger partial charge in [0.2, 0.25) is 0 Å². The van der Waals surface area contributed by atoms with E-state index < -0.39 is 10.2 Å². The first-order valence-electron chi connectivity index (χ1n) is 5.43. The molecule has 2 aromatic rings. The molecule has 0 bridgehead atoms. The summed E-state index contributed by atoms with van der Waals surface area (Å²) < 4.78 is 26.8. The van der Waals surface area contributed by atoms with E-state index in [1.807, 2.05) is 0 Å². The number of aromatic nitrogens is 1. The summed E-state index contributed by atoms with van der Waals surface area (Å²) in [5.41, 5.74) is 0.224. The minimum Gasteiger partial charge on any atom is -0.508 e. The number of nitrogens with zero attached hydrogens (tertiary/aromatic N) is 2. The lowest BCUT2D eigenvalue weighted by atomic mass is 10.3. The standard InChI is InChI=1S/C12H10N3O4S/c16-9-15(11-2-1-3-12(17)8-11)20(18,19)14-10-4-6-13-7-5-10/h1-8,17H,(H,13,14). The van der Waals surface area contributed by atoms with Crippen molar-refractivity contribution in [2.75, 3.05) is 9.03 Å². The smallest absolute Gasteiger partial charge is 0.333 e. The first-order chi connectivity index (χ1) is 9.53. The van der Waals surface area contributed by atoms with E-state index in [4.69, 9.17) is 0 Å². The number of aromatic hydroxyl groups is 1. The summed E-state index contributed by atoms with van der Waals surface area (Å²) in [5.74, 6) is -0.165. The summed E-state index contributed by atoms with van der Waals surface area (Å²) in [6, 6.07) is 8.13. The Morgan fingerprint density at radius 2 is 1.90 bits per heavy atom. The lowest BCUT2D eigenvalue weighted by Gasteiger charge is -2.17. The second kappa shape index (κ2) is 5.57. The molecule has 1 heterocycles. The number of anilines is 2. The fourth-order valence-corrected chi connectivity index (χ4v) is 2.49. The summed E-state index contributed by atoms with van der Waals surface area (Å²) in [4.78, 5) is 14.7. The second-order valence-electron chi connectivity index (χ2n) is 3.72. The van der Waals surface area contributed by atoms with E-state index in [0.717, 1.165) is 6.07 Å². The first-order valence-corrected chi connectivity index (χ1v) is 6.87. The van der Waals surface area contributed by atoms with Gasteiger partial charge in [0.05, 0.1) is 11.4 Å². The largest absolute Gasteiger partial charge is 0.508 e.